The van der Waals surface area contributed by atoms with Crippen LogP contribution in [0.25, 0.3) is 22.2 Å². The maximum absolute atomic E-state index is 4.48. The van der Waals surface area contributed by atoms with Gasteiger partial charge in [0, 0.05) is 28.4 Å². The van der Waals surface area contributed by atoms with Crippen molar-refractivity contribution in [2.75, 3.05) is 0 Å². The summed E-state index contributed by atoms with van der Waals surface area (Å²) >= 11 is 0. The van der Waals surface area contributed by atoms with Gasteiger partial charge in [0.25, 0.3) is 0 Å². The first-order chi connectivity index (χ1) is 8.83. The second kappa shape index (κ2) is 3.42. The molecule has 0 saturated carbocycles. The molecule has 3 aromatic rings. The molecule has 2 aromatic heterocycles. The molecule has 0 unspecified atom stereocenters. The van der Waals surface area contributed by atoms with E-state index < -0.39 is 0 Å². The summed E-state index contributed by atoms with van der Waals surface area (Å²) in [7, 11) is 0. The van der Waals surface area contributed by atoms with Crippen LogP contribution in [-0.4, -0.2) is 15.0 Å². The average molecular weight is 235 g/mol. The highest BCUT2D eigenvalue weighted by Gasteiger charge is 2.21. The van der Waals surface area contributed by atoms with Gasteiger partial charge in [0.15, 0.2) is 0 Å². The van der Waals surface area contributed by atoms with Crippen LogP contribution < -0.4 is 0 Å². The van der Waals surface area contributed by atoms with Crippen molar-refractivity contribution >= 4 is 10.9 Å². The van der Waals surface area contributed by atoms with Crippen LogP contribution in [-0.2, 0) is 12.8 Å². The molecule has 3 nitrogen and oxygen atoms in total. The van der Waals surface area contributed by atoms with Crippen LogP contribution in [0.15, 0.2) is 30.7 Å². The number of benzene rings is 1. The third kappa shape index (κ3) is 1.24. The van der Waals surface area contributed by atoms with Crippen molar-refractivity contribution < 1.29 is 0 Å². The monoisotopic (exact) mass is 235 g/mol. The van der Waals surface area contributed by atoms with Crippen molar-refractivity contribution in [2.45, 2.75) is 19.8 Å². The third-order valence-corrected chi connectivity index (χ3v) is 3.70. The van der Waals surface area contributed by atoms with Gasteiger partial charge in [0.2, 0.25) is 0 Å². The number of rotatable bonds is 0. The van der Waals surface area contributed by atoms with E-state index in [1.807, 2.05) is 6.20 Å². The van der Waals surface area contributed by atoms with Crippen molar-refractivity contribution in [1.82, 2.24) is 15.0 Å². The fourth-order valence-corrected chi connectivity index (χ4v) is 2.85. The Morgan fingerprint density at radius 2 is 2.17 bits per heavy atom. The summed E-state index contributed by atoms with van der Waals surface area (Å²) in [4.78, 5) is 12.1. The normalized spacial score (nSPS) is 13.4. The molecular weight excluding hydrogens is 222 g/mol. The molecule has 1 aromatic carbocycles. The molecule has 0 atom stereocenters. The summed E-state index contributed by atoms with van der Waals surface area (Å²) in [6.07, 6.45) is 5.65. The fourth-order valence-electron chi connectivity index (χ4n) is 2.85. The maximum Gasteiger partial charge on any atom is 0.116 e. The van der Waals surface area contributed by atoms with Gasteiger partial charge in [-0.25, -0.2) is 9.97 Å². The number of nitrogens with one attached hydrogen (secondary N) is 1. The highest BCUT2D eigenvalue weighted by Crippen LogP contribution is 2.37. The van der Waals surface area contributed by atoms with E-state index >= 15 is 0 Å². The Labute approximate surface area is 105 Å². The van der Waals surface area contributed by atoms with Gasteiger partial charge in [0.05, 0.1) is 5.69 Å². The summed E-state index contributed by atoms with van der Waals surface area (Å²) in [5, 5.41) is 1.28. The summed E-state index contributed by atoms with van der Waals surface area (Å²) in [5.41, 5.74) is 7.43. The molecule has 0 amide bonds. The van der Waals surface area contributed by atoms with E-state index in [2.05, 4.69) is 40.1 Å². The van der Waals surface area contributed by atoms with Gasteiger partial charge in [-0.1, -0.05) is 11.6 Å². The van der Waals surface area contributed by atoms with Gasteiger partial charge >= 0.3 is 0 Å². The number of hydrogen-bond donors (Lipinski definition) is 1. The van der Waals surface area contributed by atoms with Crippen LogP contribution >= 0.6 is 0 Å². The number of aromatic amines is 1. The molecule has 0 bridgehead atoms. The number of aryl methyl sites for hydroxylation is 3. The zero-order chi connectivity index (χ0) is 12.1. The van der Waals surface area contributed by atoms with E-state index in [9.17, 15) is 0 Å². The number of hydrogen-bond acceptors (Lipinski definition) is 2. The minimum Gasteiger partial charge on any atom is -0.358 e. The number of aromatic nitrogens is 3. The molecule has 0 radical (unpaired) electrons. The van der Waals surface area contributed by atoms with Gasteiger partial charge < -0.3 is 4.98 Å². The van der Waals surface area contributed by atoms with E-state index in [1.165, 1.54) is 33.3 Å². The molecule has 1 aliphatic rings. The first kappa shape index (κ1) is 9.83. The number of nitrogens with zero attached hydrogens (tertiary/aromatic N) is 2. The minimum absolute atomic E-state index is 1.02. The SMILES string of the molecule is Cc1ccc2[nH]c3c(c2c1)-c1ncncc1CC3. The molecule has 2 heterocycles. The lowest BCUT2D eigenvalue weighted by molar-refractivity contribution is 0.889. The quantitative estimate of drug-likeness (QED) is 0.650. The molecule has 0 aliphatic heterocycles. The summed E-state index contributed by atoms with van der Waals surface area (Å²) in [6.45, 7) is 2.13. The molecular formula is C15H13N3. The molecule has 18 heavy (non-hydrogen) atoms. The molecule has 4 rings (SSSR count). The first-order valence-corrected chi connectivity index (χ1v) is 6.23. The van der Waals surface area contributed by atoms with Crippen molar-refractivity contribution in [2.24, 2.45) is 0 Å². The Morgan fingerprint density at radius 3 is 3.11 bits per heavy atom. The Balaban J connectivity index is 2.13. The van der Waals surface area contributed by atoms with Gasteiger partial charge in [-0.05, 0) is 37.5 Å². The zero-order valence-electron chi connectivity index (χ0n) is 10.2. The molecule has 3 heteroatoms. The Kier molecular flexibility index (Phi) is 1.87. The molecule has 1 N–H and O–H groups in total. The lowest BCUT2D eigenvalue weighted by atomic mass is 9.93. The number of fused-ring (bicyclic) bond motifs is 5. The Morgan fingerprint density at radius 1 is 1.22 bits per heavy atom. The molecule has 0 fully saturated rings. The van der Waals surface area contributed by atoms with E-state index in [0.29, 0.717) is 0 Å². The van der Waals surface area contributed by atoms with Gasteiger partial charge in [-0.3, -0.25) is 0 Å². The highest BCUT2D eigenvalue weighted by atomic mass is 14.8. The van der Waals surface area contributed by atoms with E-state index in [4.69, 9.17) is 0 Å². The van der Waals surface area contributed by atoms with Crippen molar-refractivity contribution in [3.8, 4) is 11.3 Å². The van der Waals surface area contributed by atoms with Gasteiger partial charge in [-0.15, -0.1) is 0 Å². The van der Waals surface area contributed by atoms with Crippen LogP contribution in [0.4, 0.5) is 0 Å². The smallest absolute Gasteiger partial charge is 0.116 e. The maximum atomic E-state index is 4.48. The summed E-state index contributed by atoms with van der Waals surface area (Å²) in [5.74, 6) is 0. The predicted molar refractivity (Wildman–Crippen MR) is 71.5 cm³/mol. The highest BCUT2D eigenvalue weighted by molar-refractivity contribution is 5.98. The van der Waals surface area contributed by atoms with Gasteiger partial charge in [-0.2, -0.15) is 0 Å². The lowest BCUT2D eigenvalue weighted by Crippen LogP contribution is -2.05. The minimum atomic E-state index is 1.02. The standard InChI is InChI=1S/C15H13N3/c1-9-2-4-12-11(6-9)14-13(18-12)5-3-10-7-16-8-17-15(10)14/h2,4,6-8,18H,3,5H2,1H3. The van der Waals surface area contributed by atoms with Crippen molar-refractivity contribution in [1.29, 1.82) is 0 Å². The Bertz CT molecular complexity index is 756. The van der Waals surface area contributed by atoms with Crippen LogP contribution in [0.1, 0.15) is 16.8 Å². The largest absolute Gasteiger partial charge is 0.358 e. The van der Waals surface area contributed by atoms with E-state index in [1.54, 1.807) is 6.33 Å². The van der Waals surface area contributed by atoms with Crippen molar-refractivity contribution in [3.05, 3.63) is 47.5 Å². The van der Waals surface area contributed by atoms with E-state index in [-0.39, 0.29) is 0 Å². The fraction of sp³-hybridized carbons (Fsp3) is 0.200. The lowest BCUT2D eigenvalue weighted by Gasteiger charge is -2.14. The second-order valence-corrected chi connectivity index (χ2v) is 4.92. The van der Waals surface area contributed by atoms with E-state index in [0.717, 1.165) is 18.5 Å². The topological polar surface area (TPSA) is 41.6 Å². The summed E-state index contributed by atoms with van der Waals surface area (Å²) in [6, 6.07) is 6.54. The predicted octanol–water partition coefficient (Wildman–Crippen LogP) is 3.03. The zero-order valence-corrected chi connectivity index (χ0v) is 10.2. The van der Waals surface area contributed by atoms with Crippen LogP contribution in [0, 0.1) is 6.92 Å². The molecule has 88 valence electrons. The number of H-pyrrole nitrogens is 1. The van der Waals surface area contributed by atoms with Crippen LogP contribution in [0.3, 0.4) is 0 Å². The van der Waals surface area contributed by atoms with Crippen molar-refractivity contribution in [3.63, 3.8) is 0 Å². The molecule has 0 saturated heterocycles. The molecule has 1 aliphatic carbocycles. The average Bonchev–Trinajstić information content (AvgIpc) is 2.77. The first-order valence-electron chi connectivity index (χ1n) is 6.23. The van der Waals surface area contributed by atoms with Crippen LogP contribution in [0.2, 0.25) is 0 Å². The third-order valence-electron chi connectivity index (χ3n) is 3.70. The second-order valence-electron chi connectivity index (χ2n) is 4.92. The summed E-state index contributed by atoms with van der Waals surface area (Å²) < 4.78 is 0. The van der Waals surface area contributed by atoms with Crippen LogP contribution in [0.5, 0.6) is 0 Å². The molecule has 0 spiro atoms. The van der Waals surface area contributed by atoms with Gasteiger partial charge in [0.1, 0.15) is 6.33 Å². The Hall–Kier alpha value is -2.16.